The van der Waals surface area contributed by atoms with Gasteiger partial charge in [0.2, 0.25) is 5.95 Å². The van der Waals surface area contributed by atoms with Crippen LogP contribution in [0.2, 0.25) is 0 Å². The summed E-state index contributed by atoms with van der Waals surface area (Å²) in [4.78, 5) is 25.0. The van der Waals surface area contributed by atoms with Crippen molar-refractivity contribution < 1.29 is 4.79 Å². The highest BCUT2D eigenvalue weighted by Gasteiger charge is 2.21. The average molecular weight is 300 g/mol. The minimum absolute atomic E-state index is 0.160. The largest absolute Gasteiger partial charge is 0.348 e. The van der Waals surface area contributed by atoms with E-state index in [9.17, 15) is 4.79 Å². The fourth-order valence-electron chi connectivity index (χ4n) is 2.68. The number of carbonyl (C=O) groups is 1. The first-order valence-corrected chi connectivity index (χ1v) is 7.52. The predicted molar refractivity (Wildman–Crippen MR) is 81.6 cm³/mol. The number of imidazole rings is 1. The van der Waals surface area contributed by atoms with Gasteiger partial charge in [-0.3, -0.25) is 9.36 Å². The number of hydrogen-bond acceptors (Lipinski definition) is 5. The minimum Gasteiger partial charge on any atom is -0.348 e. The maximum absolute atomic E-state index is 12.4. The third kappa shape index (κ3) is 3.30. The number of nitrogens with zero attached hydrogens (tertiary/aromatic N) is 4. The van der Waals surface area contributed by atoms with E-state index < -0.39 is 0 Å². The number of amides is 1. The van der Waals surface area contributed by atoms with Crippen LogP contribution in [0.4, 0.5) is 0 Å². The number of carbonyl (C=O) groups excluding carboxylic acids is 1. The van der Waals surface area contributed by atoms with Gasteiger partial charge in [-0.2, -0.15) is 0 Å². The lowest BCUT2D eigenvalue weighted by atomic mass is 9.92. The molecule has 3 N–H and O–H groups in total. The molecule has 7 heteroatoms. The Morgan fingerprint density at radius 2 is 2.09 bits per heavy atom. The first-order chi connectivity index (χ1) is 10.6. The van der Waals surface area contributed by atoms with Gasteiger partial charge in [0.05, 0.1) is 0 Å². The summed E-state index contributed by atoms with van der Waals surface area (Å²) in [5.41, 5.74) is 7.02. The maximum atomic E-state index is 12.4. The summed E-state index contributed by atoms with van der Waals surface area (Å²) in [5.74, 6) is 0.292. The molecule has 1 fully saturated rings. The monoisotopic (exact) mass is 300 g/mol. The van der Waals surface area contributed by atoms with Crippen LogP contribution in [-0.4, -0.2) is 37.5 Å². The van der Waals surface area contributed by atoms with E-state index in [2.05, 4.69) is 20.3 Å². The molecule has 7 nitrogen and oxygen atoms in total. The smallest absolute Gasteiger partial charge is 0.270 e. The molecule has 1 saturated carbocycles. The van der Waals surface area contributed by atoms with E-state index >= 15 is 0 Å². The number of nitrogens with one attached hydrogen (secondary N) is 1. The second kappa shape index (κ2) is 6.23. The minimum atomic E-state index is -0.160. The Hall–Kier alpha value is -2.28. The van der Waals surface area contributed by atoms with Gasteiger partial charge < -0.3 is 11.1 Å². The molecule has 1 amide bonds. The Balaban J connectivity index is 1.75. The van der Waals surface area contributed by atoms with Crippen molar-refractivity contribution in [3.63, 3.8) is 0 Å². The fourth-order valence-corrected chi connectivity index (χ4v) is 2.68. The van der Waals surface area contributed by atoms with Crippen molar-refractivity contribution in [2.45, 2.75) is 44.7 Å². The summed E-state index contributed by atoms with van der Waals surface area (Å²) in [7, 11) is 0. The zero-order valence-electron chi connectivity index (χ0n) is 12.6. The van der Waals surface area contributed by atoms with E-state index in [1.807, 2.05) is 6.92 Å². The van der Waals surface area contributed by atoms with Gasteiger partial charge in [0.15, 0.2) is 0 Å². The number of aryl methyl sites for hydroxylation is 1. The third-order valence-electron chi connectivity index (χ3n) is 3.92. The highest BCUT2D eigenvalue weighted by molar-refractivity contribution is 5.92. The molecule has 1 aliphatic rings. The number of aromatic nitrogens is 4. The standard InChI is InChI=1S/C15H20N6O/c1-10-8-13(20-15(18-10)21-7-6-17-9-21)14(22)19-12-4-2-11(16)3-5-12/h6-9,11-12H,2-5,16H2,1H3,(H,19,22). The van der Waals surface area contributed by atoms with Crippen LogP contribution >= 0.6 is 0 Å². The lowest BCUT2D eigenvalue weighted by Crippen LogP contribution is -2.40. The van der Waals surface area contributed by atoms with Gasteiger partial charge in [-0.15, -0.1) is 0 Å². The Kier molecular flexibility index (Phi) is 4.15. The SMILES string of the molecule is Cc1cc(C(=O)NC2CCC(N)CC2)nc(-n2ccnc2)n1. The highest BCUT2D eigenvalue weighted by Crippen LogP contribution is 2.17. The van der Waals surface area contributed by atoms with Crippen molar-refractivity contribution in [2.75, 3.05) is 0 Å². The van der Waals surface area contributed by atoms with Crippen molar-refractivity contribution in [1.82, 2.24) is 24.8 Å². The lowest BCUT2D eigenvalue weighted by Gasteiger charge is -2.26. The Bertz CT molecular complexity index is 646. The molecule has 0 bridgehead atoms. The van der Waals surface area contributed by atoms with Crippen molar-refractivity contribution in [2.24, 2.45) is 5.73 Å². The van der Waals surface area contributed by atoms with Crippen molar-refractivity contribution >= 4 is 5.91 Å². The van der Waals surface area contributed by atoms with Gasteiger partial charge in [-0.05, 0) is 38.7 Å². The van der Waals surface area contributed by atoms with Crippen molar-refractivity contribution in [3.05, 3.63) is 36.2 Å². The Morgan fingerprint density at radius 3 is 2.77 bits per heavy atom. The molecular formula is C15H20N6O. The molecule has 3 rings (SSSR count). The molecule has 0 aromatic carbocycles. The van der Waals surface area contributed by atoms with Gasteiger partial charge in [0.25, 0.3) is 5.91 Å². The quantitative estimate of drug-likeness (QED) is 0.880. The molecule has 0 saturated heterocycles. The number of rotatable bonds is 3. The third-order valence-corrected chi connectivity index (χ3v) is 3.92. The van der Waals surface area contributed by atoms with Crippen molar-refractivity contribution in [3.8, 4) is 5.95 Å². The molecule has 2 heterocycles. The van der Waals surface area contributed by atoms with Gasteiger partial charge in [0, 0.05) is 30.2 Å². The molecule has 22 heavy (non-hydrogen) atoms. The Labute approximate surface area is 129 Å². The first-order valence-electron chi connectivity index (χ1n) is 7.52. The van der Waals surface area contributed by atoms with Gasteiger partial charge >= 0.3 is 0 Å². The number of hydrogen-bond donors (Lipinski definition) is 2. The first kappa shape index (κ1) is 14.6. The van der Waals surface area contributed by atoms with Crippen LogP contribution in [0.1, 0.15) is 41.9 Å². The van der Waals surface area contributed by atoms with Gasteiger partial charge in [-0.1, -0.05) is 0 Å². The maximum Gasteiger partial charge on any atom is 0.270 e. The molecule has 0 spiro atoms. The van der Waals surface area contributed by atoms with Gasteiger partial charge in [-0.25, -0.2) is 15.0 Å². The molecule has 0 unspecified atom stereocenters. The van der Waals surface area contributed by atoms with Crippen LogP contribution in [-0.2, 0) is 0 Å². The topological polar surface area (TPSA) is 98.7 Å². The molecule has 1 aliphatic carbocycles. The van der Waals surface area contributed by atoms with Crippen molar-refractivity contribution in [1.29, 1.82) is 0 Å². The number of nitrogens with two attached hydrogens (primary N) is 1. The molecule has 2 aromatic rings. The second-order valence-corrected chi connectivity index (χ2v) is 5.75. The molecule has 0 radical (unpaired) electrons. The van der Waals surface area contributed by atoms with Crippen LogP contribution in [0.5, 0.6) is 0 Å². The van der Waals surface area contributed by atoms with Crippen LogP contribution < -0.4 is 11.1 Å². The normalized spacial score (nSPS) is 21.5. The van der Waals surface area contributed by atoms with Crippen LogP contribution in [0.3, 0.4) is 0 Å². The molecular weight excluding hydrogens is 280 g/mol. The van der Waals surface area contributed by atoms with E-state index in [1.54, 1.807) is 29.4 Å². The van der Waals surface area contributed by atoms with E-state index in [4.69, 9.17) is 5.73 Å². The Morgan fingerprint density at radius 1 is 1.32 bits per heavy atom. The van der Waals surface area contributed by atoms with E-state index in [1.165, 1.54) is 0 Å². The van der Waals surface area contributed by atoms with Gasteiger partial charge in [0.1, 0.15) is 12.0 Å². The van der Waals surface area contributed by atoms with E-state index in [-0.39, 0.29) is 18.0 Å². The lowest BCUT2D eigenvalue weighted by molar-refractivity contribution is 0.0920. The zero-order valence-corrected chi connectivity index (χ0v) is 12.6. The van der Waals surface area contributed by atoms with E-state index in [0.29, 0.717) is 11.6 Å². The summed E-state index contributed by atoms with van der Waals surface area (Å²) in [6, 6.07) is 2.14. The molecule has 2 aromatic heterocycles. The summed E-state index contributed by atoms with van der Waals surface area (Å²) in [6.45, 7) is 1.85. The average Bonchev–Trinajstić information content (AvgIpc) is 3.03. The summed E-state index contributed by atoms with van der Waals surface area (Å²) in [6.07, 6.45) is 8.76. The zero-order chi connectivity index (χ0) is 15.5. The molecule has 0 aliphatic heterocycles. The van der Waals surface area contributed by atoms with Crippen LogP contribution in [0.25, 0.3) is 5.95 Å². The van der Waals surface area contributed by atoms with Crippen LogP contribution in [0.15, 0.2) is 24.8 Å². The molecule has 116 valence electrons. The molecule has 0 atom stereocenters. The second-order valence-electron chi connectivity index (χ2n) is 5.75. The summed E-state index contributed by atoms with van der Waals surface area (Å²) < 4.78 is 1.68. The summed E-state index contributed by atoms with van der Waals surface area (Å²) in [5, 5.41) is 3.05. The highest BCUT2D eigenvalue weighted by atomic mass is 16.1. The van der Waals surface area contributed by atoms with Crippen LogP contribution in [0, 0.1) is 6.92 Å². The predicted octanol–water partition coefficient (Wildman–Crippen LogP) is 0.970. The summed E-state index contributed by atoms with van der Waals surface area (Å²) >= 11 is 0. The fraction of sp³-hybridized carbons (Fsp3) is 0.467. The van der Waals surface area contributed by atoms with E-state index in [0.717, 1.165) is 31.4 Å².